The molecule has 0 heterocycles. The Morgan fingerprint density at radius 2 is 1.62 bits per heavy atom. The SMILES string of the molecule is O=C(c1cc(Cl)ccc1Cl)C1(c2ccccc2)CCCC1. The molecule has 21 heavy (non-hydrogen) atoms. The summed E-state index contributed by atoms with van der Waals surface area (Å²) in [5.41, 5.74) is 1.17. The highest BCUT2D eigenvalue weighted by Crippen LogP contribution is 2.44. The molecule has 0 radical (unpaired) electrons. The van der Waals surface area contributed by atoms with Crippen LogP contribution in [0.15, 0.2) is 48.5 Å². The van der Waals surface area contributed by atoms with E-state index in [0.717, 1.165) is 31.2 Å². The molecule has 0 saturated heterocycles. The molecule has 0 N–H and O–H groups in total. The Balaban J connectivity index is 2.10. The highest BCUT2D eigenvalue weighted by Gasteiger charge is 2.43. The van der Waals surface area contributed by atoms with Gasteiger partial charge in [-0.15, -0.1) is 0 Å². The first-order chi connectivity index (χ1) is 10.1. The Bertz CT molecular complexity index is 658. The van der Waals surface area contributed by atoms with E-state index >= 15 is 0 Å². The normalized spacial score (nSPS) is 16.9. The smallest absolute Gasteiger partial charge is 0.174 e. The molecule has 3 heteroatoms. The molecule has 0 atom stereocenters. The van der Waals surface area contributed by atoms with Gasteiger partial charge in [-0.1, -0.05) is 66.4 Å². The number of hydrogen-bond donors (Lipinski definition) is 0. The molecule has 1 aliphatic rings. The first-order valence-corrected chi connectivity index (χ1v) is 7.94. The van der Waals surface area contributed by atoms with Crippen molar-refractivity contribution < 1.29 is 4.79 Å². The van der Waals surface area contributed by atoms with Gasteiger partial charge in [0.2, 0.25) is 0 Å². The average Bonchev–Trinajstić information content (AvgIpc) is 3.01. The van der Waals surface area contributed by atoms with Crippen LogP contribution >= 0.6 is 23.2 Å². The lowest BCUT2D eigenvalue weighted by Gasteiger charge is -2.28. The molecule has 0 aliphatic heterocycles. The minimum absolute atomic E-state index is 0.0960. The molecule has 1 saturated carbocycles. The van der Waals surface area contributed by atoms with E-state index < -0.39 is 5.41 Å². The van der Waals surface area contributed by atoms with Crippen molar-refractivity contribution in [2.45, 2.75) is 31.1 Å². The minimum atomic E-state index is -0.449. The minimum Gasteiger partial charge on any atom is -0.293 e. The Labute approximate surface area is 134 Å². The van der Waals surface area contributed by atoms with Crippen LogP contribution in [0.2, 0.25) is 10.0 Å². The van der Waals surface area contributed by atoms with E-state index in [1.54, 1.807) is 18.2 Å². The van der Waals surface area contributed by atoms with E-state index in [0.29, 0.717) is 15.6 Å². The third-order valence-electron chi connectivity index (χ3n) is 4.39. The fourth-order valence-corrected chi connectivity index (χ4v) is 3.69. The number of hydrogen-bond acceptors (Lipinski definition) is 1. The molecule has 3 rings (SSSR count). The first kappa shape index (κ1) is 14.6. The molecular formula is C18H16Cl2O. The number of carbonyl (C=O) groups excluding carboxylic acids is 1. The molecule has 0 unspecified atom stereocenters. The summed E-state index contributed by atoms with van der Waals surface area (Å²) in [5.74, 6) is 0.0960. The number of benzene rings is 2. The molecule has 1 nitrogen and oxygen atoms in total. The average molecular weight is 319 g/mol. The maximum Gasteiger partial charge on any atom is 0.174 e. The lowest BCUT2D eigenvalue weighted by atomic mass is 9.73. The van der Waals surface area contributed by atoms with Crippen LogP contribution in [-0.2, 0) is 5.41 Å². The van der Waals surface area contributed by atoms with E-state index in [-0.39, 0.29) is 5.78 Å². The molecule has 108 valence electrons. The zero-order chi connectivity index (χ0) is 14.9. The van der Waals surface area contributed by atoms with Crippen LogP contribution in [-0.4, -0.2) is 5.78 Å². The summed E-state index contributed by atoms with van der Waals surface area (Å²) in [6, 6.07) is 15.1. The van der Waals surface area contributed by atoms with Gasteiger partial charge in [0, 0.05) is 10.6 Å². The molecule has 2 aromatic carbocycles. The van der Waals surface area contributed by atoms with Gasteiger partial charge < -0.3 is 0 Å². The van der Waals surface area contributed by atoms with Crippen molar-refractivity contribution in [3.63, 3.8) is 0 Å². The van der Waals surface area contributed by atoms with E-state index in [9.17, 15) is 4.79 Å². The Hall–Kier alpha value is -1.31. The van der Waals surface area contributed by atoms with Gasteiger partial charge in [0.25, 0.3) is 0 Å². The topological polar surface area (TPSA) is 17.1 Å². The first-order valence-electron chi connectivity index (χ1n) is 7.19. The molecule has 0 bridgehead atoms. The second-order valence-corrected chi connectivity index (χ2v) is 6.45. The van der Waals surface area contributed by atoms with Crippen molar-refractivity contribution in [2.75, 3.05) is 0 Å². The quantitative estimate of drug-likeness (QED) is 0.664. The van der Waals surface area contributed by atoms with Crippen LogP contribution < -0.4 is 0 Å². The summed E-state index contributed by atoms with van der Waals surface area (Å²) in [6.07, 6.45) is 3.88. The molecular weight excluding hydrogens is 303 g/mol. The predicted molar refractivity (Wildman–Crippen MR) is 87.4 cm³/mol. The highest BCUT2D eigenvalue weighted by atomic mass is 35.5. The fourth-order valence-electron chi connectivity index (χ4n) is 3.31. The lowest BCUT2D eigenvalue weighted by Crippen LogP contribution is -2.33. The standard InChI is InChI=1S/C18H16Cl2O/c19-14-8-9-16(20)15(12-14)17(21)18(10-4-5-11-18)13-6-2-1-3-7-13/h1-3,6-9,12H,4-5,10-11H2. The van der Waals surface area contributed by atoms with Crippen LogP contribution in [0, 0.1) is 0 Å². The maximum atomic E-state index is 13.2. The van der Waals surface area contributed by atoms with E-state index in [1.807, 2.05) is 30.3 Å². The Kier molecular flexibility index (Phi) is 4.05. The number of halogens is 2. The van der Waals surface area contributed by atoms with E-state index in [2.05, 4.69) is 0 Å². The molecule has 1 fully saturated rings. The summed E-state index contributed by atoms with van der Waals surface area (Å²) >= 11 is 12.3. The van der Waals surface area contributed by atoms with Crippen molar-refractivity contribution >= 4 is 29.0 Å². The summed E-state index contributed by atoms with van der Waals surface area (Å²) < 4.78 is 0. The van der Waals surface area contributed by atoms with Gasteiger partial charge in [0.05, 0.1) is 10.4 Å². The Morgan fingerprint density at radius 1 is 0.952 bits per heavy atom. The number of Topliss-reactive ketones (excluding diaryl/α,β-unsaturated/α-hetero) is 1. The zero-order valence-electron chi connectivity index (χ0n) is 11.6. The second-order valence-electron chi connectivity index (χ2n) is 5.61. The van der Waals surface area contributed by atoms with Crippen molar-refractivity contribution in [1.82, 2.24) is 0 Å². The summed E-state index contributed by atoms with van der Waals surface area (Å²) in [7, 11) is 0. The van der Waals surface area contributed by atoms with E-state index in [1.165, 1.54) is 0 Å². The second kappa shape index (κ2) is 5.82. The highest BCUT2D eigenvalue weighted by molar-refractivity contribution is 6.36. The van der Waals surface area contributed by atoms with Crippen LogP contribution in [0.3, 0.4) is 0 Å². The number of carbonyl (C=O) groups is 1. The van der Waals surface area contributed by atoms with Crippen molar-refractivity contribution in [3.8, 4) is 0 Å². The van der Waals surface area contributed by atoms with Crippen LogP contribution in [0.25, 0.3) is 0 Å². The lowest BCUT2D eigenvalue weighted by molar-refractivity contribution is 0.0886. The largest absolute Gasteiger partial charge is 0.293 e. The van der Waals surface area contributed by atoms with Gasteiger partial charge in [-0.2, -0.15) is 0 Å². The fraction of sp³-hybridized carbons (Fsp3) is 0.278. The van der Waals surface area contributed by atoms with Crippen LogP contribution in [0.5, 0.6) is 0 Å². The van der Waals surface area contributed by atoms with Gasteiger partial charge in [0.1, 0.15) is 0 Å². The van der Waals surface area contributed by atoms with Gasteiger partial charge in [-0.05, 0) is 36.6 Å². The van der Waals surface area contributed by atoms with Gasteiger partial charge in [0.15, 0.2) is 5.78 Å². The Morgan fingerprint density at radius 3 is 2.29 bits per heavy atom. The van der Waals surface area contributed by atoms with Crippen molar-refractivity contribution in [1.29, 1.82) is 0 Å². The summed E-state index contributed by atoms with van der Waals surface area (Å²) in [5, 5.41) is 1.02. The van der Waals surface area contributed by atoms with E-state index in [4.69, 9.17) is 23.2 Å². The van der Waals surface area contributed by atoms with Crippen LogP contribution in [0.4, 0.5) is 0 Å². The third-order valence-corrected chi connectivity index (χ3v) is 4.96. The summed E-state index contributed by atoms with van der Waals surface area (Å²) in [4.78, 5) is 13.2. The van der Waals surface area contributed by atoms with Gasteiger partial charge in [-0.3, -0.25) is 4.79 Å². The molecule has 0 spiro atoms. The number of rotatable bonds is 3. The zero-order valence-corrected chi connectivity index (χ0v) is 13.1. The number of ketones is 1. The third kappa shape index (κ3) is 2.61. The molecule has 0 aromatic heterocycles. The summed E-state index contributed by atoms with van der Waals surface area (Å²) in [6.45, 7) is 0. The molecule has 1 aliphatic carbocycles. The van der Waals surface area contributed by atoms with Gasteiger partial charge >= 0.3 is 0 Å². The monoisotopic (exact) mass is 318 g/mol. The van der Waals surface area contributed by atoms with Crippen molar-refractivity contribution in [3.05, 3.63) is 69.7 Å². The predicted octanol–water partition coefficient (Wildman–Crippen LogP) is 5.69. The van der Waals surface area contributed by atoms with Gasteiger partial charge in [-0.25, -0.2) is 0 Å². The molecule has 2 aromatic rings. The maximum absolute atomic E-state index is 13.2. The molecule has 0 amide bonds. The van der Waals surface area contributed by atoms with Crippen molar-refractivity contribution in [2.24, 2.45) is 0 Å². The van der Waals surface area contributed by atoms with Crippen LogP contribution in [0.1, 0.15) is 41.6 Å².